The Kier molecular flexibility index (Phi) is 6.14. The van der Waals surface area contributed by atoms with Crippen LogP contribution in [0.25, 0.3) is 0 Å². The van der Waals surface area contributed by atoms with Crippen LogP contribution in [0.5, 0.6) is 11.5 Å². The Morgan fingerprint density at radius 2 is 1.66 bits per heavy atom. The van der Waals surface area contributed by atoms with Gasteiger partial charge in [-0.25, -0.2) is 22.9 Å². The molecule has 3 aromatic rings. The first kappa shape index (κ1) is 20.8. The average Bonchev–Trinajstić information content (AvgIpc) is 2.70. The normalized spacial score (nSPS) is 10.6. The Hall–Kier alpha value is -2.97. The third kappa shape index (κ3) is 4.72. The van der Waals surface area contributed by atoms with E-state index in [4.69, 9.17) is 27.9 Å². The maximum Gasteiger partial charge on any atom is 0.323 e. The van der Waals surface area contributed by atoms with Crippen molar-refractivity contribution in [3.8, 4) is 11.5 Å². The second kappa shape index (κ2) is 8.59. The van der Waals surface area contributed by atoms with Crippen molar-refractivity contribution in [3.05, 3.63) is 75.8 Å². The number of urea groups is 1. The van der Waals surface area contributed by atoms with E-state index in [1.165, 1.54) is 24.4 Å². The number of rotatable bonds is 4. The number of nitrogens with one attached hydrogen (secondary N) is 2. The van der Waals surface area contributed by atoms with Crippen LogP contribution < -0.4 is 15.4 Å². The van der Waals surface area contributed by atoms with Crippen molar-refractivity contribution in [1.29, 1.82) is 0 Å². The highest BCUT2D eigenvalue weighted by Gasteiger charge is 2.23. The van der Waals surface area contributed by atoms with Crippen molar-refractivity contribution < 1.29 is 22.7 Å². The first-order valence-corrected chi connectivity index (χ1v) is 8.82. The summed E-state index contributed by atoms with van der Waals surface area (Å²) in [6.07, 6.45) is 1.48. The topological polar surface area (TPSA) is 63.2 Å². The first-order chi connectivity index (χ1) is 13.8. The third-order valence-corrected chi connectivity index (χ3v) is 4.42. The van der Waals surface area contributed by atoms with Crippen LogP contribution in [0.2, 0.25) is 10.2 Å². The molecule has 0 saturated heterocycles. The average molecular weight is 442 g/mol. The van der Waals surface area contributed by atoms with Gasteiger partial charge in [-0.2, -0.15) is 0 Å². The molecule has 1 heterocycles. The molecule has 29 heavy (non-hydrogen) atoms. The number of nitrogens with zero attached hydrogens (tertiary/aromatic N) is 1. The fraction of sp³-hybridized carbons (Fsp3) is 0.0526. The minimum atomic E-state index is -1.59. The molecule has 0 aliphatic carbocycles. The number of anilines is 2. The summed E-state index contributed by atoms with van der Waals surface area (Å²) < 4.78 is 47.3. The molecule has 0 atom stereocenters. The molecule has 0 saturated carbocycles. The summed E-state index contributed by atoms with van der Waals surface area (Å²) in [7, 11) is 0. The van der Waals surface area contributed by atoms with Gasteiger partial charge in [-0.15, -0.1) is 0 Å². The van der Waals surface area contributed by atoms with E-state index in [2.05, 4.69) is 10.3 Å². The Morgan fingerprint density at radius 3 is 2.31 bits per heavy atom. The molecular formula is C19H12Cl2F3N3O2. The smallest absolute Gasteiger partial charge is 0.323 e. The van der Waals surface area contributed by atoms with E-state index in [0.717, 1.165) is 6.92 Å². The van der Waals surface area contributed by atoms with Gasteiger partial charge in [0.1, 0.15) is 22.3 Å². The summed E-state index contributed by atoms with van der Waals surface area (Å²) in [4.78, 5) is 15.9. The zero-order valence-electron chi connectivity index (χ0n) is 14.7. The van der Waals surface area contributed by atoms with Gasteiger partial charge in [-0.05, 0) is 37.3 Å². The number of amides is 2. The SMILES string of the molecule is Cc1c(F)c(NC(=O)Nc2ccc(Oc3ccnc(Cl)c3)cc2)c(F)c(F)c1Cl. The number of ether oxygens (including phenoxy) is 1. The predicted molar refractivity (Wildman–Crippen MR) is 104 cm³/mol. The van der Waals surface area contributed by atoms with Crippen molar-refractivity contribution in [2.45, 2.75) is 6.92 Å². The summed E-state index contributed by atoms with van der Waals surface area (Å²) in [5, 5.41) is 3.90. The van der Waals surface area contributed by atoms with E-state index >= 15 is 0 Å². The standard InChI is InChI=1S/C19H12Cl2F3N3O2/c1-9-14(21)16(23)17(24)18(15(9)22)27-19(28)26-10-2-4-11(5-3-10)29-12-6-7-25-13(20)8-12/h2-8H,1H3,(H2,26,27,28). The number of aromatic nitrogens is 1. The second-order valence-corrected chi connectivity index (χ2v) is 6.54. The van der Waals surface area contributed by atoms with Crippen molar-refractivity contribution >= 4 is 40.6 Å². The summed E-state index contributed by atoms with van der Waals surface area (Å²) in [6, 6.07) is 8.27. The highest BCUT2D eigenvalue weighted by Crippen LogP contribution is 2.32. The van der Waals surface area contributed by atoms with Gasteiger partial charge in [-0.1, -0.05) is 23.2 Å². The molecule has 2 aromatic carbocycles. The van der Waals surface area contributed by atoms with Crippen LogP contribution in [-0.2, 0) is 0 Å². The summed E-state index contributed by atoms with van der Waals surface area (Å²) >= 11 is 11.3. The Bertz CT molecular complexity index is 1050. The van der Waals surface area contributed by atoms with E-state index in [1.807, 2.05) is 5.32 Å². The van der Waals surface area contributed by atoms with Gasteiger partial charge in [0.05, 0.1) is 5.02 Å². The molecule has 0 aliphatic heterocycles. The van der Waals surface area contributed by atoms with Gasteiger partial charge >= 0.3 is 6.03 Å². The van der Waals surface area contributed by atoms with Crippen molar-refractivity contribution in [2.75, 3.05) is 10.6 Å². The lowest BCUT2D eigenvalue weighted by Crippen LogP contribution is -2.21. The Labute approximate surface area is 173 Å². The summed E-state index contributed by atoms with van der Waals surface area (Å²) in [6.45, 7) is 1.16. The number of hydrogen-bond donors (Lipinski definition) is 2. The van der Waals surface area contributed by atoms with Gasteiger partial charge in [0.25, 0.3) is 0 Å². The summed E-state index contributed by atoms with van der Waals surface area (Å²) in [5.74, 6) is -3.28. The van der Waals surface area contributed by atoms with Crippen molar-refractivity contribution in [1.82, 2.24) is 4.98 Å². The molecule has 3 rings (SSSR count). The minimum Gasteiger partial charge on any atom is -0.457 e. The Morgan fingerprint density at radius 1 is 0.966 bits per heavy atom. The van der Waals surface area contributed by atoms with Gasteiger partial charge < -0.3 is 15.4 Å². The number of benzene rings is 2. The molecule has 0 bridgehead atoms. The van der Waals surface area contributed by atoms with Crippen LogP contribution >= 0.6 is 23.2 Å². The lowest BCUT2D eigenvalue weighted by atomic mass is 10.2. The van der Waals surface area contributed by atoms with E-state index in [1.54, 1.807) is 18.2 Å². The molecule has 2 N–H and O–H groups in total. The molecule has 0 unspecified atom stereocenters. The zero-order valence-corrected chi connectivity index (χ0v) is 16.2. The van der Waals surface area contributed by atoms with E-state index in [9.17, 15) is 18.0 Å². The molecule has 0 fully saturated rings. The molecule has 0 aliphatic rings. The number of halogens is 5. The number of pyridine rings is 1. The van der Waals surface area contributed by atoms with Crippen molar-refractivity contribution in [2.24, 2.45) is 0 Å². The molecular weight excluding hydrogens is 430 g/mol. The van der Waals surface area contributed by atoms with Gasteiger partial charge in [0.15, 0.2) is 17.5 Å². The molecule has 5 nitrogen and oxygen atoms in total. The second-order valence-electron chi connectivity index (χ2n) is 5.78. The quantitative estimate of drug-likeness (QED) is 0.274. The maximum atomic E-state index is 14.1. The molecule has 0 spiro atoms. The molecule has 2 amide bonds. The van der Waals surface area contributed by atoms with E-state index < -0.39 is 34.2 Å². The fourth-order valence-corrected chi connectivity index (χ4v) is 2.66. The Balaban J connectivity index is 1.69. The largest absolute Gasteiger partial charge is 0.457 e. The lowest BCUT2D eigenvalue weighted by molar-refractivity contribution is 0.262. The van der Waals surface area contributed by atoms with Crippen LogP contribution in [0.3, 0.4) is 0 Å². The molecule has 150 valence electrons. The fourth-order valence-electron chi connectivity index (χ4n) is 2.33. The van der Waals surface area contributed by atoms with Gasteiger partial charge in [0, 0.05) is 23.5 Å². The summed E-state index contributed by atoms with van der Waals surface area (Å²) in [5.41, 5.74) is -0.954. The molecule has 1 aromatic heterocycles. The number of carbonyl (C=O) groups excluding carboxylic acids is 1. The monoisotopic (exact) mass is 441 g/mol. The maximum absolute atomic E-state index is 14.1. The molecule has 0 radical (unpaired) electrons. The first-order valence-electron chi connectivity index (χ1n) is 8.06. The molecule has 10 heteroatoms. The van der Waals surface area contributed by atoms with Crippen LogP contribution in [0.4, 0.5) is 29.3 Å². The van der Waals surface area contributed by atoms with Crippen LogP contribution in [0.1, 0.15) is 5.56 Å². The van der Waals surface area contributed by atoms with E-state index in [-0.39, 0.29) is 10.7 Å². The van der Waals surface area contributed by atoms with Gasteiger partial charge in [-0.3, -0.25) is 0 Å². The van der Waals surface area contributed by atoms with Crippen LogP contribution in [0.15, 0.2) is 42.6 Å². The van der Waals surface area contributed by atoms with Crippen molar-refractivity contribution in [3.63, 3.8) is 0 Å². The van der Waals surface area contributed by atoms with E-state index in [0.29, 0.717) is 17.2 Å². The van der Waals surface area contributed by atoms with Gasteiger partial charge in [0.2, 0.25) is 0 Å². The minimum absolute atomic E-state index is 0.269. The van der Waals surface area contributed by atoms with Crippen LogP contribution in [0, 0.1) is 24.4 Å². The number of carbonyl (C=O) groups is 1. The zero-order chi connectivity index (χ0) is 21.1. The lowest BCUT2D eigenvalue weighted by Gasteiger charge is -2.13. The third-order valence-electron chi connectivity index (χ3n) is 3.77. The predicted octanol–water partition coefficient (Wildman–Crippen LogP) is 6.55. The highest BCUT2D eigenvalue weighted by molar-refractivity contribution is 6.31. The van der Waals surface area contributed by atoms with Crippen LogP contribution in [-0.4, -0.2) is 11.0 Å². The number of hydrogen-bond acceptors (Lipinski definition) is 3. The highest BCUT2D eigenvalue weighted by atomic mass is 35.5.